The molecule has 1 atom stereocenters. The molecule has 4 aromatic rings. The quantitative estimate of drug-likeness (QED) is 0.403. The third-order valence-electron chi connectivity index (χ3n) is 5.35. The minimum absolute atomic E-state index is 0.271. The molecule has 0 amide bonds. The average molecular weight is 443 g/mol. The highest BCUT2D eigenvalue weighted by Gasteiger charge is 2.22. The first-order valence-electron chi connectivity index (χ1n) is 10.5. The summed E-state index contributed by atoms with van der Waals surface area (Å²) in [6.07, 6.45) is 3.83. The summed E-state index contributed by atoms with van der Waals surface area (Å²) < 4.78 is 30.0. The molecule has 4 rings (SSSR count). The fourth-order valence-corrected chi connectivity index (χ4v) is 5.17. The molecule has 0 radical (unpaired) electrons. The Balaban J connectivity index is 1.75. The zero-order valence-corrected chi connectivity index (χ0v) is 19.0. The first-order valence-corrected chi connectivity index (χ1v) is 11.9. The van der Waals surface area contributed by atoms with Crippen LogP contribution < -0.4 is 9.62 Å². The molecule has 162 valence electrons. The first kappa shape index (κ1) is 21.8. The highest BCUT2D eigenvalue weighted by atomic mass is 32.2. The second-order valence-electron chi connectivity index (χ2n) is 7.80. The van der Waals surface area contributed by atoms with Gasteiger partial charge in [0.1, 0.15) is 0 Å². The van der Waals surface area contributed by atoms with Crippen molar-refractivity contribution in [3.05, 3.63) is 114 Å². The van der Waals surface area contributed by atoms with Gasteiger partial charge >= 0.3 is 0 Å². The second kappa shape index (κ2) is 9.39. The Bertz CT molecular complexity index is 1330. The largest absolute Gasteiger partial charge is 0.377 e. The van der Waals surface area contributed by atoms with Gasteiger partial charge in [-0.05, 0) is 23.3 Å². The van der Waals surface area contributed by atoms with E-state index < -0.39 is 16.1 Å². The van der Waals surface area contributed by atoms with Crippen LogP contribution in [0.5, 0.6) is 0 Å². The van der Waals surface area contributed by atoms with Gasteiger partial charge in [-0.15, -0.1) is 0 Å². The summed E-state index contributed by atoms with van der Waals surface area (Å²) in [5, 5.41) is 1.60. The lowest BCUT2D eigenvalue weighted by molar-refractivity contribution is 0.575. The van der Waals surface area contributed by atoms with Crippen LogP contribution in [0, 0.1) is 0 Å². The van der Waals surface area contributed by atoms with Crippen LogP contribution in [0.25, 0.3) is 16.8 Å². The highest BCUT2D eigenvalue weighted by Crippen LogP contribution is 2.31. The number of hydrogen-bond donors (Lipinski definition) is 1. The van der Waals surface area contributed by atoms with E-state index in [4.69, 9.17) is 0 Å². The average Bonchev–Trinajstić information content (AvgIpc) is 2.82. The Morgan fingerprint density at radius 1 is 0.750 bits per heavy atom. The molecule has 0 bridgehead atoms. The third-order valence-corrected chi connectivity index (χ3v) is 6.85. The molecule has 0 saturated carbocycles. The van der Waals surface area contributed by atoms with E-state index in [1.165, 1.54) is 0 Å². The molecule has 32 heavy (non-hydrogen) atoms. The van der Waals surface area contributed by atoms with E-state index in [1.54, 1.807) is 12.1 Å². The van der Waals surface area contributed by atoms with Gasteiger partial charge in [-0.1, -0.05) is 97.1 Å². The molecule has 4 aromatic carbocycles. The van der Waals surface area contributed by atoms with Crippen molar-refractivity contribution < 1.29 is 8.42 Å². The predicted octanol–water partition coefficient (Wildman–Crippen LogP) is 5.64. The lowest BCUT2D eigenvalue weighted by Crippen LogP contribution is -2.27. The molecule has 4 nitrogen and oxygen atoms in total. The smallest absolute Gasteiger partial charge is 0.242 e. The molecular weight excluding hydrogens is 416 g/mol. The van der Waals surface area contributed by atoms with Crippen LogP contribution in [0.2, 0.25) is 0 Å². The van der Waals surface area contributed by atoms with Crippen molar-refractivity contribution in [2.75, 3.05) is 19.0 Å². The van der Waals surface area contributed by atoms with Crippen LogP contribution in [0.1, 0.15) is 17.2 Å². The van der Waals surface area contributed by atoms with Crippen LogP contribution in [-0.4, -0.2) is 22.5 Å². The van der Waals surface area contributed by atoms with E-state index in [0.29, 0.717) is 5.39 Å². The monoisotopic (exact) mass is 442 g/mol. The van der Waals surface area contributed by atoms with Crippen molar-refractivity contribution in [2.24, 2.45) is 0 Å². The minimum Gasteiger partial charge on any atom is -0.377 e. The molecule has 0 fully saturated rings. The molecule has 0 spiro atoms. The van der Waals surface area contributed by atoms with E-state index in [1.807, 2.05) is 116 Å². The number of fused-ring (bicyclic) bond motifs is 1. The Morgan fingerprint density at radius 2 is 1.38 bits per heavy atom. The van der Waals surface area contributed by atoms with Gasteiger partial charge in [0.2, 0.25) is 10.0 Å². The minimum atomic E-state index is -3.80. The van der Waals surface area contributed by atoms with Gasteiger partial charge in [-0.3, -0.25) is 0 Å². The topological polar surface area (TPSA) is 49.4 Å². The van der Waals surface area contributed by atoms with Crippen molar-refractivity contribution in [2.45, 2.75) is 10.9 Å². The fraction of sp³-hybridized carbons (Fsp3) is 0.111. The van der Waals surface area contributed by atoms with Crippen LogP contribution >= 0.6 is 0 Å². The number of sulfonamides is 1. The Morgan fingerprint density at radius 3 is 2.06 bits per heavy atom. The summed E-state index contributed by atoms with van der Waals surface area (Å²) >= 11 is 0. The van der Waals surface area contributed by atoms with Crippen molar-refractivity contribution in [1.82, 2.24) is 4.72 Å². The van der Waals surface area contributed by atoms with Crippen LogP contribution in [0.15, 0.2) is 108 Å². The summed E-state index contributed by atoms with van der Waals surface area (Å²) in [5.74, 6) is 0. The highest BCUT2D eigenvalue weighted by molar-refractivity contribution is 7.89. The zero-order valence-electron chi connectivity index (χ0n) is 18.1. The number of rotatable bonds is 7. The number of anilines is 1. The SMILES string of the molecule is CN(C)c1cccc2c(S(=O)(=O)NC(/C=C/c3ccccc3)c3ccccc3)cccc12. The van der Waals surface area contributed by atoms with E-state index >= 15 is 0 Å². The van der Waals surface area contributed by atoms with E-state index in [0.717, 1.165) is 22.2 Å². The molecular formula is C27H26N2O2S. The van der Waals surface area contributed by atoms with Crippen LogP contribution in [0.4, 0.5) is 5.69 Å². The summed E-state index contributed by atoms with van der Waals surface area (Å²) in [7, 11) is 0.104. The van der Waals surface area contributed by atoms with Gasteiger partial charge < -0.3 is 4.90 Å². The molecule has 0 aliphatic heterocycles. The van der Waals surface area contributed by atoms with Crippen molar-refractivity contribution >= 4 is 32.6 Å². The maximum atomic E-state index is 13.6. The van der Waals surface area contributed by atoms with E-state index in [2.05, 4.69) is 4.72 Å². The Kier molecular flexibility index (Phi) is 6.40. The van der Waals surface area contributed by atoms with E-state index in [-0.39, 0.29) is 4.90 Å². The number of benzene rings is 4. The molecule has 0 aromatic heterocycles. The molecule has 0 saturated heterocycles. The van der Waals surface area contributed by atoms with Gasteiger partial charge in [0.05, 0.1) is 10.9 Å². The maximum absolute atomic E-state index is 13.6. The molecule has 0 heterocycles. The normalized spacial score (nSPS) is 12.8. The second-order valence-corrected chi connectivity index (χ2v) is 9.48. The molecule has 5 heteroatoms. The van der Waals surface area contributed by atoms with Crippen molar-refractivity contribution in [1.29, 1.82) is 0 Å². The van der Waals surface area contributed by atoms with Gasteiger partial charge in [-0.25, -0.2) is 8.42 Å². The van der Waals surface area contributed by atoms with E-state index in [9.17, 15) is 8.42 Å². The van der Waals surface area contributed by atoms with Crippen LogP contribution in [0.3, 0.4) is 0 Å². The van der Waals surface area contributed by atoms with Gasteiger partial charge in [0.25, 0.3) is 0 Å². The Labute approximate surface area is 189 Å². The van der Waals surface area contributed by atoms with Crippen molar-refractivity contribution in [3.8, 4) is 0 Å². The fourth-order valence-electron chi connectivity index (χ4n) is 3.77. The third kappa shape index (κ3) is 4.74. The number of nitrogens with zero attached hydrogens (tertiary/aromatic N) is 1. The van der Waals surface area contributed by atoms with Crippen molar-refractivity contribution in [3.63, 3.8) is 0 Å². The van der Waals surface area contributed by atoms with Crippen LogP contribution in [-0.2, 0) is 10.0 Å². The lowest BCUT2D eigenvalue weighted by Gasteiger charge is -2.19. The van der Waals surface area contributed by atoms with Gasteiger partial charge in [-0.2, -0.15) is 4.72 Å². The first-order chi connectivity index (χ1) is 15.5. The van der Waals surface area contributed by atoms with Gasteiger partial charge in [0.15, 0.2) is 0 Å². The number of nitrogens with one attached hydrogen (secondary N) is 1. The summed E-state index contributed by atoms with van der Waals surface area (Å²) in [6.45, 7) is 0. The molecule has 0 aliphatic rings. The predicted molar refractivity (Wildman–Crippen MR) is 133 cm³/mol. The summed E-state index contributed by atoms with van der Waals surface area (Å²) in [4.78, 5) is 2.26. The Hall–Kier alpha value is -3.41. The summed E-state index contributed by atoms with van der Waals surface area (Å²) in [6, 6.07) is 30.1. The zero-order chi connectivity index (χ0) is 22.6. The number of hydrogen-bond acceptors (Lipinski definition) is 3. The summed E-state index contributed by atoms with van der Waals surface area (Å²) in [5.41, 5.74) is 2.86. The molecule has 0 aliphatic carbocycles. The molecule has 1 unspecified atom stereocenters. The molecule has 1 N–H and O–H groups in total. The van der Waals surface area contributed by atoms with Gasteiger partial charge in [0, 0.05) is 30.6 Å². The maximum Gasteiger partial charge on any atom is 0.242 e. The standard InChI is InChI=1S/C27H26N2O2S/c1-29(2)26-17-9-16-24-23(26)15-10-18-27(24)32(30,31)28-25(22-13-7-4-8-14-22)20-19-21-11-5-3-6-12-21/h3-20,25,28H,1-2H3/b20-19+. The lowest BCUT2D eigenvalue weighted by atomic mass is 10.1.